The van der Waals surface area contributed by atoms with E-state index >= 15 is 0 Å². The molecule has 0 aromatic heterocycles. The summed E-state index contributed by atoms with van der Waals surface area (Å²) in [6, 6.07) is 25.3. The SMILES string of the molecule is CCOc1cc(CN[C@@H](C)c2ccccc2)ccc1OCc1cccc(C)c1. The molecule has 0 bridgehead atoms. The second-order valence-corrected chi connectivity index (χ2v) is 7.01. The molecule has 0 fully saturated rings. The summed E-state index contributed by atoms with van der Waals surface area (Å²) in [5.41, 5.74) is 4.85. The predicted octanol–water partition coefficient (Wildman–Crippen LogP) is 5.82. The zero-order valence-corrected chi connectivity index (χ0v) is 16.9. The van der Waals surface area contributed by atoms with Gasteiger partial charge in [0.2, 0.25) is 0 Å². The van der Waals surface area contributed by atoms with Gasteiger partial charge in [0.15, 0.2) is 11.5 Å². The first-order valence-corrected chi connectivity index (χ1v) is 9.88. The summed E-state index contributed by atoms with van der Waals surface area (Å²) < 4.78 is 11.9. The topological polar surface area (TPSA) is 30.5 Å². The monoisotopic (exact) mass is 375 g/mol. The fourth-order valence-electron chi connectivity index (χ4n) is 3.14. The van der Waals surface area contributed by atoms with Crippen LogP contribution in [0.1, 0.15) is 42.1 Å². The zero-order chi connectivity index (χ0) is 19.8. The molecule has 3 aromatic rings. The normalized spacial score (nSPS) is 11.8. The Hall–Kier alpha value is -2.78. The summed E-state index contributed by atoms with van der Waals surface area (Å²) in [5, 5.41) is 3.57. The van der Waals surface area contributed by atoms with Crippen molar-refractivity contribution in [3.05, 3.63) is 95.1 Å². The summed E-state index contributed by atoms with van der Waals surface area (Å²) in [6.45, 7) is 8.18. The van der Waals surface area contributed by atoms with Gasteiger partial charge >= 0.3 is 0 Å². The van der Waals surface area contributed by atoms with Crippen LogP contribution in [-0.4, -0.2) is 6.61 Å². The molecule has 3 heteroatoms. The van der Waals surface area contributed by atoms with Crippen molar-refractivity contribution in [3.8, 4) is 11.5 Å². The van der Waals surface area contributed by atoms with Gasteiger partial charge in [-0.15, -0.1) is 0 Å². The average molecular weight is 376 g/mol. The van der Waals surface area contributed by atoms with Crippen LogP contribution in [0.15, 0.2) is 72.8 Å². The van der Waals surface area contributed by atoms with E-state index in [1.165, 1.54) is 16.7 Å². The van der Waals surface area contributed by atoms with Crippen LogP contribution in [0.25, 0.3) is 0 Å². The van der Waals surface area contributed by atoms with E-state index in [1.54, 1.807) is 0 Å². The summed E-state index contributed by atoms with van der Waals surface area (Å²) in [4.78, 5) is 0. The van der Waals surface area contributed by atoms with Crippen molar-refractivity contribution < 1.29 is 9.47 Å². The number of nitrogens with one attached hydrogen (secondary N) is 1. The lowest BCUT2D eigenvalue weighted by atomic mass is 10.1. The van der Waals surface area contributed by atoms with Crippen LogP contribution in [0.2, 0.25) is 0 Å². The molecule has 0 radical (unpaired) electrons. The molecule has 0 spiro atoms. The van der Waals surface area contributed by atoms with Gasteiger partial charge in [-0.3, -0.25) is 0 Å². The molecule has 0 saturated heterocycles. The third kappa shape index (κ3) is 5.61. The molecule has 1 atom stereocenters. The van der Waals surface area contributed by atoms with Gasteiger partial charge in [-0.2, -0.15) is 0 Å². The number of benzene rings is 3. The highest BCUT2D eigenvalue weighted by atomic mass is 16.5. The Bertz CT molecular complexity index is 877. The number of hydrogen-bond acceptors (Lipinski definition) is 3. The summed E-state index contributed by atoms with van der Waals surface area (Å²) in [7, 11) is 0. The van der Waals surface area contributed by atoms with Gasteiger partial charge in [-0.25, -0.2) is 0 Å². The van der Waals surface area contributed by atoms with E-state index in [4.69, 9.17) is 9.47 Å². The maximum absolute atomic E-state index is 6.04. The van der Waals surface area contributed by atoms with Crippen molar-refractivity contribution in [2.75, 3.05) is 6.61 Å². The quantitative estimate of drug-likeness (QED) is 0.511. The average Bonchev–Trinajstić information content (AvgIpc) is 2.72. The van der Waals surface area contributed by atoms with Crippen LogP contribution in [0.5, 0.6) is 11.5 Å². The molecule has 0 heterocycles. The third-order valence-corrected chi connectivity index (χ3v) is 4.70. The minimum atomic E-state index is 0.286. The van der Waals surface area contributed by atoms with Gasteiger partial charge in [0.1, 0.15) is 6.61 Å². The predicted molar refractivity (Wildman–Crippen MR) is 115 cm³/mol. The Kier molecular flexibility index (Phi) is 7.10. The Balaban J connectivity index is 1.64. The van der Waals surface area contributed by atoms with Gasteiger partial charge in [0.25, 0.3) is 0 Å². The van der Waals surface area contributed by atoms with E-state index in [0.717, 1.165) is 23.6 Å². The second-order valence-electron chi connectivity index (χ2n) is 7.01. The van der Waals surface area contributed by atoms with Gasteiger partial charge in [-0.1, -0.05) is 66.2 Å². The van der Waals surface area contributed by atoms with Crippen LogP contribution < -0.4 is 14.8 Å². The fraction of sp³-hybridized carbons (Fsp3) is 0.280. The molecule has 146 valence electrons. The van der Waals surface area contributed by atoms with Crippen molar-refractivity contribution in [3.63, 3.8) is 0 Å². The molecule has 0 aliphatic heterocycles. The maximum atomic E-state index is 6.04. The molecular formula is C25H29NO2. The Morgan fingerprint density at radius 1 is 0.821 bits per heavy atom. The number of ether oxygens (including phenoxy) is 2. The molecule has 3 nitrogen and oxygen atoms in total. The Labute approximate surface area is 168 Å². The highest BCUT2D eigenvalue weighted by Gasteiger charge is 2.09. The summed E-state index contributed by atoms with van der Waals surface area (Å²) in [5.74, 6) is 1.57. The van der Waals surface area contributed by atoms with E-state index in [1.807, 2.05) is 19.1 Å². The molecule has 0 amide bonds. The van der Waals surface area contributed by atoms with Crippen LogP contribution >= 0.6 is 0 Å². The van der Waals surface area contributed by atoms with Gasteiger partial charge in [0.05, 0.1) is 6.61 Å². The first kappa shape index (κ1) is 20.0. The standard InChI is InChI=1S/C25H29NO2/c1-4-27-25-16-21(17-26-20(3)23-11-6-5-7-12-23)13-14-24(25)28-18-22-10-8-9-19(2)15-22/h5-16,20,26H,4,17-18H2,1-3H3/t20-/m0/s1. The first-order chi connectivity index (χ1) is 13.7. The van der Waals surface area contributed by atoms with Crippen molar-refractivity contribution >= 4 is 0 Å². The lowest BCUT2D eigenvalue weighted by Crippen LogP contribution is -2.18. The number of rotatable bonds is 9. The maximum Gasteiger partial charge on any atom is 0.161 e. The molecule has 0 aliphatic carbocycles. The molecule has 1 N–H and O–H groups in total. The van der Waals surface area contributed by atoms with E-state index < -0.39 is 0 Å². The molecule has 3 rings (SSSR count). The van der Waals surface area contributed by atoms with Gasteiger partial charge < -0.3 is 14.8 Å². The van der Waals surface area contributed by atoms with Crippen molar-refractivity contribution in [2.24, 2.45) is 0 Å². The van der Waals surface area contributed by atoms with Gasteiger partial charge in [-0.05, 0) is 49.6 Å². The number of aryl methyl sites for hydroxylation is 1. The highest BCUT2D eigenvalue weighted by molar-refractivity contribution is 5.43. The van der Waals surface area contributed by atoms with Crippen molar-refractivity contribution in [1.29, 1.82) is 0 Å². The molecule has 3 aromatic carbocycles. The summed E-state index contributed by atoms with van der Waals surface area (Å²) >= 11 is 0. The van der Waals surface area contributed by atoms with Gasteiger partial charge in [0, 0.05) is 12.6 Å². The minimum Gasteiger partial charge on any atom is -0.490 e. The van der Waals surface area contributed by atoms with Crippen molar-refractivity contribution in [2.45, 2.75) is 40.0 Å². The molecule has 0 unspecified atom stereocenters. The fourth-order valence-corrected chi connectivity index (χ4v) is 3.14. The molecule has 28 heavy (non-hydrogen) atoms. The van der Waals surface area contributed by atoms with E-state index in [0.29, 0.717) is 13.2 Å². The Morgan fingerprint density at radius 3 is 2.39 bits per heavy atom. The van der Waals surface area contributed by atoms with Crippen LogP contribution in [0.3, 0.4) is 0 Å². The van der Waals surface area contributed by atoms with Crippen LogP contribution in [-0.2, 0) is 13.2 Å². The smallest absolute Gasteiger partial charge is 0.161 e. The Morgan fingerprint density at radius 2 is 1.64 bits per heavy atom. The number of hydrogen-bond donors (Lipinski definition) is 1. The van der Waals surface area contributed by atoms with E-state index in [-0.39, 0.29) is 6.04 Å². The molecule has 0 saturated carbocycles. The second kappa shape index (κ2) is 9.95. The largest absolute Gasteiger partial charge is 0.490 e. The zero-order valence-electron chi connectivity index (χ0n) is 16.9. The third-order valence-electron chi connectivity index (χ3n) is 4.70. The van der Waals surface area contributed by atoms with Crippen LogP contribution in [0, 0.1) is 6.92 Å². The molecule has 0 aliphatic rings. The summed E-state index contributed by atoms with van der Waals surface area (Å²) in [6.07, 6.45) is 0. The van der Waals surface area contributed by atoms with Crippen LogP contribution in [0.4, 0.5) is 0 Å². The first-order valence-electron chi connectivity index (χ1n) is 9.88. The van der Waals surface area contributed by atoms with E-state index in [2.05, 4.69) is 79.8 Å². The molecular weight excluding hydrogens is 346 g/mol. The van der Waals surface area contributed by atoms with Crippen molar-refractivity contribution in [1.82, 2.24) is 5.32 Å². The highest BCUT2D eigenvalue weighted by Crippen LogP contribution is 2.29. The lowest BCUT2D eigenvalue weighted by molar-refractivity contribution is 0.269. The lowest BCUT2D eigenvalue weighted by Gasteiger charge is -2.16. The van der Waals surface area contributed by atoms with E-state index in [9.17, 15) is 0 Å². The minimum absolute atomic E-state index is 0.286.